The minimum absolute atomic E-state index is 0.570. The molecule has 3 nitrogen and oxygen atoms in total. The van der Waals surface area contributed by atoms with Crippen LogP contribution < -0.4 is 10.5 Å². The van der Waals surface area contributed by atoms with E-state index in [2.05, 4.69) is 30.1 Å². The van der Waals surface area contributed by atoms with Crippen LogP contribution in [0.4, 0.5) is 0 Å². The molecule has 1 aromatic carbocycles. The molecule has 0 unspecified atom stereocenters. The smallest absolute Gasteiger partial charge is 0.119 e. The van der Waals surface area contributed by atoms with Crippen LogP contribution in [0.2, 0.25) is 0 Å². The monoisotopic (exact) mass is 258 g/mol. The lowest BCUT2D eigenvalue weighted by atomic mass is 10.1. The molecule has 0 saturated heterocycles. The number of benzene rings is 1. The van der Waals surface area contributed by atoms with Gasteiger partial charge in [-0.3, -0.25) is 0 Å². The molecule has 0 bridgehead atoms. The van der Waals surface area contributed by atoms with Gasteiger partial charge in [-0.2, -0.15) is 0 Å². The van der Waals surface area contributed by atoms with Crippen molar-refractivity contribution in [2.75, 3.05) is 6.61 Å². The van der Waals surface area contributed by atoms with Crippen LogP contribution in [0.1, 0.15) is 31.0 Å². The molecule has 2 rings (SSSR count). The number of unbranched alkanes of at least 4 members (excludes halogenated alkanes) is 1. The third kappa shape index (κ3) is 3.38. The maximum absolute atomic E-state index is 5.69. The number of hydrogen-bond donors (Lipinski definition) is 2. The Morgan fingerprint density at radius 3 is 2.53 bits per heavy atom. The summed E-state index contributed by atoms with van der Waals surface area (Å²) in [6, 6.07) is 10.3. The first-order chi connectivity index (χ1) is 9.24. The summed E-state index contributed by atoms with van der Waals surface area (Å²) in [6.07, 6.45) is 2.25. The molecule has 0 aliphatic rings. The maximum Gasteiger partial charge on any atom is 0.119 e. The molecule has 1 heterocycles. The van der Waals surface area contributed by atoms with Crippen molar-refractivity contribution in [1.29, 1.82) is 0 Å². The number of nitrogens with one attached hydrogen (secondary N) is 1. The summed E-state index contributed by atoms with van der Waals surface area (Å²) in [5.74, 6) is 0.930. The van der Waals surface area contributed by atoms with Crippen LogP contribution in [0.15, 0.2) is 30.3 Å². The molecule has 0 aliphatic carbocycles. The summed E-state index contributed by atoms with van der Waals surface area (Å²) in [7, 11) is 0. The van der Waals surface area contributed by atoms with Gasteiger partial charge < -0.3 is 15.5 Å². The zero-order valence-corrected chi connectivity index (χ0v) is 11.7. The zero-order chi connectivity index (χ0) is 13.7. The minimum Gasteiger partial charge on any atom is -0.494 e. The minimum atomic E-state index is 0.570. The molecule has 0 fully saturated rings. The largest absolute Gasteiger partial charge is 0.494 e. The Morgan fingerprint density at radius 2 is 1.95 bits per heavy atom. The van der Waals surface area contributed by atoms with Crippen molar-refractivity contribution in [3.8, 4) is 17.0 Å². The molecule has 0 spiro atoms. The van der Waals surface area contributed by atoms with Crippen LogP contribution in [0.5, 0.6) is 5.75 Å². The van der Waals surface area contributed by atoms with Crippen LogP contribution in [-0.4, -0.2) is 11.6 Å². The Kier molecular flexibility index (Phi) is 4.63. The molecule has 102 valence electrons. The number of aromatic amines is 1. The summed E-state index contributed by atoms with van der Waals surface area (Å²) < 4.78 is 5.66. The Labute approximate surface area is 114 Å². The Bertz CT molecular complexity index is 514. The van der Waals surface area contributed by atoms with Gasteiger partial charge in [0.1, 0.15) is 5.75 Å². The van der Waals surface area contributed by atoms with Crippen LogP contribution in [0.3, 0.4) is 0 Å². The number of hydrogen-bond acceptors (Lipinski definition) is 2. The highest BCUT2D eigenvalue weighted by Gasteiger charge is 2.05. The molecule has 0 aliphatic heterocycles. The molecular formula is C16H22N2O. The van der Waals surface area contributed by atoms with E-state index in [1.54, 1.807) is 0 Å². The lowest BCUT2D eigenvalue weighted by molar-refractivity contribution is 0.309. The normalized spacial score (nSPS) is 10.7. The fourth-order valence-corrected chi connectivity index (χ4v) is 2.03. The van der Waals surface area contributed by atoms with Gasteiger partial charge in [-0.1, -0.05) is 13.3 Å². The number of ether oxygens (including phenoxy) is 1. The van der Waals surface area contributed by atoms with Gasteiger partial charge in [0, 0.05) is 17.9 Å². The predicted octanol–water partition coefficient (Wildman–Crippen LogP) is 3.63. The van der Waals surface area contributed by atoms with E-state index < -0.39 is 0 Å². The lowest BCUT2D eigenvalue weighted by Crippen LogP contribution is -1.95. The van der Waals surface area contributed by atoms with Gasteiger partial charge in [-0.15, -0.1) is 0 Å². The summed E-state index contributed by atoms with van der Waals surface area (Å²) in [5, 5.41) is 0. The fraction of sp³-hybridized carbons (Fsp3) is 0.375. The van der Waals surface area contributed by atoms with E-state index in [-0.39, 0.29) is 0 Å². The number of aromatic nitrogens is 1. The third-order valence-corrected chi connectivity index (χ3v) is 3.27. The average molecular weight is 258 g/mol. The van der Waals surface area contributed by atoms with Crippen LogP contribution in [-0.2, 0) is 6.54 Å². The maximum atomic E-state index is 5.69. The molecular weight excluding hydrogens is 236 g/mol. The average Bonchev–Trinajstić information content (AvgIpc) is 2.81. The van der Waals surface area contributed by atoms with E-state index in [0.717, 1.165) is 42.1 Å². The van der Waals surface area contributed by atoms with Gasteiger partial charge in [0.2, 0.25) is 0 Å². The SMILES string of the molecule is CCCCOc1ccc(-c2cc(CN)c(C)[nH]2)cc1. The number of H-pyrrole nitrogens is 1. The molecule has 0 atom stereocenters. The van der Waals surface area contributed by atoms with E-state index >= 15 is 0 Å². The molecule has 0 amide bonds. The van der Waals surface area contributed by atoms with Crippen LogP contribution >= 0.6 is 0 Å². The van der Waals surface area contributed by atoms with Gasteiger partial charge in [-0.05, 0) is 54.8 Å². The summed E-state index contributed by atoms with van der Waals surface area (Å²) in [6.45, 7) is 5.57. The number of rotatable bonds is 6. The van der Waals surface area contributed by atoms with Gasteiger partial charge in [0.15, 0.2) is 0 Å². The second-order valence-electron chi connectivity index (χ2n) is 4.76. The molecule has 1 aromatic heterocycles. The second-order valence-corrected chi connectivity index (χ2v) is 4.76. The van der Waals surface area contributed by atoms with Crippen molar-refractivity contribution in [1.82, 2.24) is 4.98 Å². The highest BCUT2D eigenvalue weighted by molar-refractivity contribution is 5.62. The Balaban J connectivity index is 2.08. The first-order valence-electron chi connectivity index (χ1n) is 6.86. The van der Waals surface area contributed by atoms with Gasteiger partial charge in [0.05, 0.1) is 6.61 Å². The topological polar surface area (TPSA) is 51.0 Å². The van der Waals surface area contributed by atoms with Gasteiger partial charge in [-0.25, -0.2) is 0 Å². The van der Waals surface area contributed by atoms with Crippen molar-refractivity contribution in [2.45, 2.75) is 33.2 Å². The standard InChI is InChI=1S/C16H22N2O/c1-3-4-9-19-15-7-5-13(6-8-15)16-10-14(11-17)12(2)18-16/h5-8,10,18H,3-4,9,11,17H2,1-2H3. The van der Waals surface area contributed by atoms with E-state index in [9.17, 15) is 0 Å². The second kappa shape index (κ2) is 6.43. The zero-order valence-electron chi connectivity index (χ0n) is 11.7. The summed E-state index contributed by atoms with van der Waals surface area (Å²) in [4.78, 5) is 3.36. The van der Waals surface area contributed by atoms with E-state index in [0.29, 0.717) is 6.54 Å². The highest BCUT2D eigenvalue weighted by atomic mass is 16.5. The van der Waals surface area contributed by atoms with Gasteiger partial charge in [0.25, 0.3) is 0 Å². The summed E-state index contributed by atoms with van der Waals surface area (Å²) in [5.41, 5.74) is 10.3. The quantitative estimate of drug-likeness (QED) is 0.777. The fourth-order valence-electron chi connectivity index (χ4n) is 2.03. The number of aryl methyl sites for hydroxylation is 1. The van der Waals surface area contributed by atoms with E-state index in [1.807, 2.05) is 19.1 Å². The molecule has 0 radical (unpaired) electrons. The van der Waals surface area contributed by atoms with Crippen molar-refractivity contribution < 1.29 is 4.74 Å². The molecule has 19 heavy (non-hydrogen) atoms. The van der Waals surface area contributed by atoms with Crippen LogP contribution in [0.25, 0.3) is 11.3 Å². The van der Waals surface area contributed by atoms with Crippen LogP contribution in [0, 0.1) is 6.92 Å². The lowest BCUT2D eigenvalue weighted by Gasteiger charge is -2.05. The van der Waals surface area contributed by atoms with E-state index in [4.69, 9.17) is 10.5 Å². The predicted molar refractivity (Wildman–Crippen MR) is 79.3 cm³/mol. The molecule has 3 N–H and O–H groups in total. The Hall–Kier alpha value is -1.74. The summed E-state index contributed by atoms with van der Waals surface area (Å²) >= 11 is 0. The number of nitrogens with two attached hydrogens (primary N) is 1. The molecule has 3 heteroatoms. The first-order valence-corrected chi connectivity index (χ1v) is 6.86. The van der Waals surface area contributed by atoms with Crippen molar-refractivity contribution in [2.24, 2.45) is 5.73 Å². The van der Waals surface area contributed by atoms with Crippen molar-refractivity contribution in [3.63, 3.8) is 0 Å². The van der Waals surface area contributed by atoms with E-state index in [1.165, 1.54) is 5.56 Å². The third-order valence-electron chi connectivity index (χ3n) is 3.27. The molecule has 2 aromatic rings. The first kappa shape index (κ1) is 13.7. The van der Waals surface area contributed by atoms with Crippen molar-refractivity contribution in [3.05, 3.63) is 41.6 Å². The Morgan fingerprint density at radius 1 is 1.21 bits per heavy atom. The highest BCUT2D eigenvalue weighted by Crippen LogP contribution is 2.24. The van der Waals surface area contributed by atoms with Crippen molar-refractivity contribution >= 4 is 0 Å². The van der Waals surface area contributed by atoms with Gasteiger partial charge >= 0.3 is 0 Å². The molecule has 0 saturated carbocycles.